The fraction of sp³-hybridized carbons (Fsp3) is 0.625. The molecule has 1 aromatic carbocycles. The second-order valence-corrected chi connectivity index (χ2v) is 6.27. The second kappa shape index (κ2) is 5.41. The summed E-state index contributed by atoms with van der Waals surface area (Å²) in [6, 6.07) is 7.21. The summed E-state index contributed by atoms with van der Waals surface area (Å²) in [5.74, 6) is 0. The van der Waals surface area contributed by atoms with E-state index in [0.717, 1.165) is 19.8 Å². The highest BCUT2D eigenvalue weighted by atomic mass is 16.5. The van der Waals surface area contributed by atoms with Crippen LogP contribution in [0.2, 0.25) is 0 Å². The number of nitrogens with one attached hydrogen (secondary N) is 1. The second-order valence-electron chi connectivity index (χ2n) is 6.27. The van der Waals surface area contributed by atoms with Crippen LogP contribution in [0, 0.1) is 5.41 Å². The molecule has 0 fully saturated rings. The molecule has 0 bridgehead atoms. The van der Waals surface area contributed by atoms with Crippen molar-refractivity contribution in [3.05, 3.63) is 34.9 Å². The first-order chi connectivity index (χ1) is 8.52. The summed E-state index contributed by atoms with van der Waals surface area (Å²) in [6.45, 7) is 11.7. The van der Waals surface area contributed by atoms with Crippen molar-refractivity contribution in [2.75, 3.05) is 6.54 Å². The molecular weight excluding hydrogens is 222 g/mol. The Bertz CT molecular complexity index is 406. The molecular formula is C16H25NO. The van der Waals surface area contributed by atoms with Crippen LogP contribution < -0.4 is 5.32 Å². The topological polar surface area (TPSA) is 21.3 Å². The van der Waals surface area contributed by atoms with Crippen molar-refractivity contribution in [2.24, 2.45) is 5.41 Å². The Morgan fingerprint density at radius 3 is 2.61 bits per heavy atom. The van der Waals surface area contributed by atoms with Crippen LogP contribution in [0.25, 0.3) is 0 Å². The quantitative estimate of drug-likeness (QED) is 0.873. The Morgan fingerprint density at radius 1 is 1.22 bits per heavy atom. The molecule has 0 aliphatic carbocycles. The van der Waals surface area contributed by atoms with Gasteiger partial charge in [0.2, 0.25) is 0 Å². The smallest absolute Gasteiger partial charge is 0.0725 e. The van der Waals surface area contributed by atoms with E-state index in [1.165, 1.54) is 23.1 Å². The molecule has 100 valence electrons. The van der Waals surface area contributed by atoms with Gasteiger partial charge in [-0.3, -0.25) is 0 Å². The molecule has 0 aromatic heterocycles. The van der Waals surface area contributed by atoms with Crippen molar-refractivity contribution in [3.8, 4) is 0 Å². The van der Waals surface area contributed by atoms with Gasteiger partial charge in [-0.25, -0.2) is 0 Å². The zero-order valence-corrected chi connectivity index (χ0v) is 12.0. The van der Waals surface area contributed by atoms with Crippen molar-refractivity contribution in [1.82, 2.24) is 5.32 Å². The van der Waals surface area contributed by atoms with Crippen molar-refractivity contribution in [2.45, 2.75) is 53.4 Å². The number of ether oxygens (including phenoxy) is 1. The minimum atomic E-state index is 0.225. The SMILES string of the molecule is CCCNC(c1ccc2c(c1)COC2)C(C)(C)C. The predicted octanol–water partition coefficient (Wildman–Crippen LogP) is 3.80. The number of benzene rings is 1. The normalized spacial score (nSPS) is 16.7. The summed E-state index contributed by atoms with van der Waals surface area (Å²) in [5, 5.41) is 3.68. The molecule has 1 heterocycles. The third-order valence-electron chi connectivity index (χ3n) is 3.54. The van der Waals surface area contributed by atoms with Gasteiger partial charge in [0.15, 0.2) is 0 Å². The lowest BCUT2D eigenvalue weighted by molar-refractivity contribution is 0.134. The highest BCUT2D eigenvalue weighted by Gasteiger charge is 2.26. The summed E-state index contributed by atoms with van der Waals surface area (Å²) in [7, 11) is 0. The molecule has 1 N–H and O–H groups in total. The number of fused-ring (bicyclic) bond motifs is 1. The predicted molar refractivity (Wildman–Crippen MR) is 75.4 cm³/mol. The largest absolute Gasteiger partial charge is 0.372 e. The summed E-state index contributed by atoms with van der Waals surface area (Å²) < 4.78 is 5.50. The first-order valence-electron chi connectivity index (χ1n) is 6.95. The van der Waals surface area contributed by atoms with E-state index < -0.39 is 0 Å². The number of rotatable bonds is 4. The Hall–Kier alpha value is -0.860. The van der Waals surface area contributed by atoms with Gasteiger partial charge in [0, 0.05) is 6.04 Å². The van der Waals surface area contributed by atoms with Gasteiger partial charge in [-0.1, -0.05) is 45.9 Å². The highest BCUT2D eigenvalue weighted by molar-refractivity contribution is 5.35. The maximum Gasteiger partial charge on any atom is 0.0725 e. The van der Waals surface area contributed by atoms with E-state index in [9.17, 15) is 0 Å². The van der Waals surface area contributed by atoms with E-state index >= 15 is 0 Å². The fourth-order valence-electron chi connectivity index (χ4n) is 2.58. The molecule has 0 spiro atoms. The molecule has 1 aliphatic rings. The third-order valence-corrected chi connectivity index (χ3v) is 3.54. The minimum Gasteiger partial charge on any atom is -0.372 e. The third kappa shape index (κ3) is 2.93. The van der Waals surface area contributed by atoms with E-state index in [1.54, 1.807) is 0 Å². The average molecular weight is 247 g/mol. The summed E-state index contributed by atoms with van der Waals surface area (Å²) in [5.41, 5.74) is 4.32. The Kier molecular flexibility index (Phi) is 4.08. The van der Waals surface area contributed by atoms with Gasteiger partial charge < -0.3 is 10.1 Å². The molecule has 0 saturated carbocycles. The van der Waals surface area contributed by atoms with Crippen LogP contribution in [0.5, 0.6) is 0 Å². The lowest BCUT2D eigenvalue weighted by Gasteiger charge is -2.32. The van der Waals surface area contributed by atoms with Crippen LogP contribution in [0.1, 0.15) is 56.8 Å². The van der Waals surface area contributed by atoms with Crippen LogP contribution in [0.4, 0.5) is 0 Å². The first kappa shape index (κ1) is 13.6. The monoisotopic (exact) mass is 247 g/mol. The maximum atomic E-state index is 5.50. The molecule has 1 atom stereocenters. The van der Waals surface area contributed by atoms with Gasteiger partial charge in [-0.05, 0) is 35.1 Å². The van der Waals surface area contributed by atoms with Crippen LogP contribution in [-0.2, 0) is 18.0 Å². The standard InChI is InChI=1S/C16H25NO/c1-5-8-17-15(16(2,3)4)12-6-7-13-10-18-11-14(13)9-12/h6-7,9,15,17H,5,8,10-11H2,1-4H3. The van der Waals surface area contributed by atoms with Crippen molar-refractivity contribution >= 4 is 0 Å². The summed E-state index contributed by atoms with van der Waals surface area (Å²) in [4.78, 5) is 0. The molecule has 0 radical (unpaired) electrons. The molecule has 0 amide bonds. The number of hydrogen-bond acceptors (Lipinski definition) is 2. The van der Waals surface area contributed by atoms with Crippen LogP contribution in [0.15, 0.2) is 18.2 Å². The molecule has 2 nitrogen and oxygen atoms in total. The lowest BCUT2D eigenvalue weighted by atomic mass is 9.81. The van der Waals surface area contributed by atoms with Gasteiger partial charge in [-0.2, -0.15) is 0 Å². The fourth-order valence-corrected chi connectivity index (χ4v) is 2.58. The van der Waals surface area contributed by atoms with E-state index in [2.05, 4.69) is 51.2 Å². The van der Waals surface area contributed by atoms with E-state index in [0.29, 0.717) is 6.04 Å². The minimum absolute atomic E-state index is 0.225. The van der Waals surface area contributed by atoms with Gasteiger partial charge in [0.25, 0.3) is 0 Å². The van der Waals surface area contributed by atoms with Gasteiger partial charge in [-0.15, -0.1) is 0 Å². The average Bonchev–Trinajstić information content (AvgIpc) is 2.75. The van der Waals surface area contributed by atoms with Gasteiger partial charge in [0.1, 0.15) is 0 Å². The zero-order chi connectivity index (χ0) is 13.2. The Morgan fingerprint density at radius 2 is 1.94 bits per heavy atom. The van der Waals surface area contributed by atoms with Gasteiger partial charge >= 0.3 is 0 Å². The first-order valence-corrected chi connectivity index (χ1v) is 6.95. The van der Waals surface area contributed by atoms with Gasteiger partial charge in [0.05, 0.1) is 13.2 Å². The van der Waals surface area contributed by atoms with E-state index in [-0.39, 0.29) is 5.41 Å². The van der Waals surface area contributed by atoms with Crippen molar-refractivity contribution in [1.29, 1.82) is 0 Å². The molecule has 1 aromatic rings. The van der Waals surface area contributed by atoms with E-state index in [4.69, 9.17) is 4.74 Å². The molecule has 0 saturated heterocycles. The molecule has 1 aliphatic heterocycles. The zero-order valence-electron chi connectivity index (χ0n) is 12.0. The Balaban J connectivity index is 2.25. The van der Waals surface area contributed by atoms with Crippen molar-refractivity contribution in [3.63, 3.8) is 0 Å². The van der Waals surface area contributed by atoms with Crippen LogP contribution >= 0.6 is 0 Å². The number of hydrogen-bond donors (Lipinski definition) is 1. The molecule has 2 heteroatoms. The highest BCUT2D eigenvalue weighted by Crippen LogP contribution is 2.34. The molecule has 1 unspecified atom stereocenters. The summed E-state index contributed by atoms with van der Waals surface area (Å²) in [6.07, 6.45) is 1.17. The summed E-state index contributed by atoms with van der Waals surface area (Å²) >= 11 is 0. The molecule has 18 heavy (non-hydrogen) atoms. The van der Waals surface area contributed by atoms with Crippen LogP contribution in [-0.4, -0.2) is 6.54 Å². The maximum absolute atomic E-state index is 5.50. The van der Waals surface area contributed by atoms with Crippen LogP contribution in [0.3, 0.4) is 0 Å². The Labute approximate surface area is 111 Å². The van der Waals surface area contributed by atoms with E-state index in [1.807, 2.05) is 0 Å². The van der Waals surface area contributed by atoms with Crippen molar-refractivity contribution < 1.29 is 4.74 Å². The molecule has 2 rings (SSSR count). The lowest BCUT2D eigenvalue weighted by Crippen LogP contribution is -2.32.